The highest BCUT2D eigenvalue weighted by molar-refractivity contribution is 9.10. The number of nitrogens with zero attached hydrogens (tertiary/aromatic N) is 2. The largest absolute Gasteiger partial charge is 0.354 e. The summed E-state index contributed by atoms with van der Waals surface area (Å²) in [6, 6.07) is 23.2. The van der Waals surface area contributed by atoms with Crippen molar-refractivity contribution in [3.63, 3.8) is 0 Å². The molecular weight excluding hydrogens is 578 g/mol. The monoisotopic (exact) mass is 613 g/mol. The van der Waals surface area contributed by atoms with Gasteiger partial charge in [0.1, 0.15) is 12.6 Å². The molecule has 0 fully saturated rings. The Hall–Kier alpha value is -3.17. The highest BCUT2D eigenvalue weighted by Crippen LogP contribution is 2.22. The van der Waals surface area contributed by atoms with E-state index in [0.717, 1.165) is 44.6 Å². The first-order valence-corrected chi connectivity index (χ1v) is 15.6. The maximum atomic E-state index is 14.0. The number of hydrogen-bond acceptors (Lipinski definition) is 4. The van der Waals surface area contributed by atoms with Crippen LogP contribution in [0.4, 0.5) is 5.69 Å². The zero-order valence-electron chi connectivity index (χ0n) is 22.6. The normalized spacial score (nSPS) is 12.0. The quantitative estimate of drug-likeness (QED) is 0.272. The predicted octanol–water partition coefficient (Wildman–Crippen LogP) is 5.08. The maximum absolute atomic E-state index is 14.0. The summed E-state index contributed by atoms with van der Waals surface area (Å²) in [5, 5.41) is 2.98. The fraction of sp³-hybridized carbons (Fsp3) is 0.333. The highest BCUT2D eigenvalue weighted by atomic mass is 79.9. The smallest absolute Gasteiger partial charge is 0.244 e. The molecule has 1 atom stereocenters. The number of anilines is 1. The van der Waals surface area contributed by atoms with E-state index in [0.29, 0.717) is 18.7 Å². The van der Waals surface area contributed by atoms with Gasteiger partial charge in [0.05, 0.1) is 11.9 Å². The van der Waals surface area contributed by atoms with Crippen LogP contribution in [0.25, 0.3) is 0 Å². The van der Waals surface area contributed by atoms with Crippen molar-refractivity contribution in [2.24, 2.45) is 0 Å². The minimum Gasteiger partial charge on any atom is -0.354 e. The summed E-state index contributed by atoms with van der Waals surface area (Å²) in [6.45, 7) is 4.13. The average Bonchev–Trinajstić information content (AvgIpc) is 2.90. The molecule has 0 aliphatic rings. The second kappa shape index (κ2) is 14.3. The first-order chi connectivity index (χ1) is 18.6. The standard InChI is InChI=1S/C30H36BrN3O4S/c1-4-5-18-32-30(36)28(20-24-11-7-6-8-12-24)33(21-25-14-16-26(31)17-15-25)29(35)22-34(39(3,37)38)27-13-9-10-23(2)19-27/h6-17,19,28H,4-5,18,20-22H2,1-3H3,(H,32,36)/t28-/m0/s1. The van der Waals surface area contributed by atoms with E-state index in [-0.39, 0.29) is 12.5 Å². The van der Waals surface area contributed by atoms with Gasteiger partial charge in [-0.2, -0.15) is 0 Å². The van der Waals surface area contributed by atoms with Crippen LogP contribution in [-0.4, -0.2) is 50.5 Å². The van der Waals surface area contributed by atoms with Crippen molar-refractivity contribution < 1.29 is 18.0 Å². The zero-order chi connectivity index (χ0) is 28.4. The van der Waals surface area contributed by atoms with Crippen LogP contribution in [0.15, 0.2) is 83.3 Å². The maximum Gasteiger partial charge on any atom is 0.244 e. The lowest BCUT2D eigenvalue weighted by Gasteiger charge is -2.33. The molecule has 208 valence electrons. The van der Waals surface area contributed by atoms with Crippen molar-refractivity contribution in [2.75, 3.05) is 23.7 Å². The van der Waals surface area contributed by atoms with E-state index in [9.17, 15) is 18.0 Å². The lowest BCUT2D eigenvalue weighted by Crippen LogP contribution is -2.53. The number of carbonyl (C=O) groups excluding carboxylic acids is 2. The molecule has 3 aromatic rings. The molecule has 9 heteroatoms. The lowest BCUT2D eigenvalue weighted by atomic mass is 10.0. The van der Waals surface area contributed by atoms with Gasteiger partial charge in [-0.3, -0.25) is 13.9 Å². The van der Waals surface area contributed by atoms with E-state index >= 15 is 0 Å². The third kappa shape index (κ3) is 9.21. The van der Waals surface area contributed by atoms with Crippen LogP contribution < -0.4 is 9.62 Å². The molecule has 0 radical (unpaired) electrons. The van der Waals surface area contributed by atoms with E-state index in [1.54, 1.807) is 18.2 Å². The Labute approximate surface area is 240 Å². The van der Waals surface area contributed by atoms with Gasteiger partial charge in [-0.15, -0.1) is 0 Å². The van der Waals surface area contributed by atoms with E-state index in [4.69, 9.17) is 0 Å². The van der Waals surface area contributed by atoms with E-state index < -0.39 is 28.5 Å². The Kier molecular flexibility index (Phi) is 11.1. The Morgan fingerprint density at radius 1 is 0.949 bits per heavy atom. The number of sulfonamides is 1. The molecule has 3 aromatic carbocycles. The van der Waals surface area contributed by atoms with E-state index in [2.05, 4.69) is 21.2 Å². The minimum absolute atomic E-state index is 0.149. The third-order valence-corrected chi connectivity index (χ3v) is 8.00. The fourth-order valence-corrected chi connectivity index (χ4v) is 5.35. The van der Waals surface area contributed by atoms with Crippen molar-refractivity contribution in [1.29, 1.82) is 0 Å². The molecule has 2 amide bonds. The van der Waals surface area contributed by atoms with Crippen LogP contribution in [0.3, 0.4) is 0 Å². The van der Waals surface area contributed by atoms with Gasteiger partial charge >= 0.3 is 0 Å². The number of nitrogens with one attached hydrogen (secondary N) is 1. The first-order valence-electron chi connectivity index (χ1n) is 13.0. The average molecular weight is 615 g/mol. The van der Waals surface area contributed by atoms with Gasteiger partial charge in [0.15, 0.2) is 0 Å². The fourth-order valence-electron chi connectivity index (χ4n) is 4.24. The van der Waals surface area contributed by atoms with Gasteiger partial charge in [-0.25, -0.2) is 8.42 Å². The summed E-state index contributed by atoms with van der Waals surface area (Å²) < 4.78 is 27.7. The number of unbranched alkanes of at least 4 members (excludes halogenated alkanes) is 1. The Morgan fingerprint density at radius 3 is 2.26 bits per heavy atom. The van der Waals surface area contributed by atoms with Gasteiger partial charge in [0.2, 0.25) is 21.8 Å². The SMILES string of the molecule is CCCCNC(=O)[C@H](Cc1ccccc1)N(Cc1ccc(Br)cc1)C(=O)CN(c1cccc(C)c1)S(C)(=O)=O. The molecule has 0 aliphatic heterocycles. The summed E-state index contributed by atoms with van der Waals surface area (Å²) in [6.07, 6.45) is 3.12. The number of halogens is 1. The van der Waals surface area contributed by atoms with E-state index in [1.807, 2.05) is 74.5 Å². The van der Waals surface area contributed by atoms with Gasteiger partial charge in [0.25, 0.3) is 0 Å². The van der Waals surface area contributed by atoms with Crippen LogP contribution in [0.5, 0.6) is 0 Å². The minimum atomic E-state index is -3.79. The Bertz CT molecular complexity index is 1350. The van der Waals surface area contributed by atoms with Crippen LogP contribution in [0, 0.1) is 6.92 Å². The topological polar surface area (TPSA) is 86.8 Å². The molecule has 0 saturated heterocycles. The molecule has 39 heavy (non-hydrogen) atoms. The second-order valence-corrected chi connectivity index (χ2v) is 12.4. The number of benzene rings is 3. The number of hydrogen-bond donors (Lipinski definition) is 1. The van der Waals surface area contributed by atoms with Crippen molar-refractivity contribution >= 4 is 43.5 Å². The van der Waals surface area contributed by atoms with Crippen molar-refractivity contribution in [3.8, 4) is 0 Å². The number of aryl methyl sites for hydroxylation is 1. The first kappa shape index (κ1) is 30.4. The summed E-state index contributed by atoms with van der Waals surface area (Å²) in [7, 11) is -3.79. The molecule has 0 bridgehead atoms. The number of carbonyl (C=O) groups is 2. The summed E-state index contributed by atoms with van der Waals surface area (Å²) in [5.74, 6) is -0.726. The molecule has 0 spiro atoms. The van der Waals surface area contributed by atoms with Crippen molar-refractivity contribution in [2.45, 2.75) is 45.7 Å². The van der Waals surface area contributed by atoms with Crippen LogP contribution in [0.2, 0.25) is 0 Å². The summed E-state index contributed by atoms with van der Waals surface area (Å²) >= 11 is 3.44. The molecule has 3 rings (SSSR count). The molecule has 0 aliphatic carbocycles. The van der Waals surface area contributed by atoms with E-state index in [1.165, 1.54) is 4.90 Å². The Morgan fingerprint density at radius 2 is 1.64 bits per heavy atom. The van der Waals surface area contributed by atoms with Gasteiger partial charge in [-0.1, -0.05) is 83.9 Å². The van der Waals surface area contributed by atoms with Gasteiger partial charge in [0, 0.05) is 24.0 Å². The highest BCUT2D eigenvalue weighted by Gasteiger charge is 2.33. The molecule has 7 nitrogen and oxygen atoms in total. The summed E-state index contributed by atoms with van der Waals surface area (Å²) in [5.41, 5.74) is 3.01. The number of amides is 2. The molecule has 1 N–H and O–H groups in total. The van der Waals surface area contributed by atoms with Gasteiger partial charge < -0.3 is 10.2 Å². The van der Waals surface area contributed by atoms with Crippen molar-refractivity contribution in [1.82, 2.24) is 10.2 Å². The predicted molar refractivity (Wildman–Crippen MR) is 160 cm³/mol. The molecular formula is C30H36BrN3O4S. The van der Waals surface area contributed by atoms with Gasteiger partial charge in [-0.05, 0) is 54.3 Å². The van der Waals surface area contributed by atoms with Crippen molar-refractivity contribution in [3.05, 3.63) is 100 Å². The summed E-state index contributed by atoms with van der Waals surface area (Å²) in [4.78, 5) is 29.1. The molecule has 0 unspecified atom stereocenters. The Balaban J connectivity index is 2.02. The molecule has 0 saturated carbocycles. The lowest BCUT2D eigenvalue weighted by molar-refractivity contribution is -0.140. The number of rotatable bonds is 13. The molecule has 0 heterocycles. The zero-order valence-corrected chi connectivity index (χ0v) is 25.0. The second-order valence-electron chi connectivity index (χ2n) is 9.61. The third-order valence-electron chi connectivity index (χ3n) is 6.34. The van der Waals surface area contributed by atoms with Crippen LogP contribution in [0.1, 0.15) is 36.5 Å². The van der Waals surface area contributed by atoms with Crippen LogP contribution in [-0.2, 0) is 32.6 Å². The van der Waals surface area contributed by atoms with Crippen LogP contribution >= 0.6 is 15.9 Å². The molecule has 0 aromatic heterocycles.